The third kappa shape index (κ3) is 9.46. The molecule has 0 radical (unpaired) electrons. The molecule has 108 valence electrons. The van der Waals surface area contributed by atoms with Crippen LogP contribution >= 0.6 is 0 Å². The maximum Gasteiger partial charge on any atom is 0.222 e. The van der Waals surface area contributed by atoms with Crippen LogP contribution in [0.5, 0.6) is 0 Å². The van der Waals surface area contributed by atoms with Crippen molar-refractivity contribution in [2.75, 3.05) is 20.2 Å². The van der Waals surface area contributed by atoms with Gasteiger partial charge in [0.05, 0.1) is 0 Å². The molecule has 1 atom stereocenters. The predicted molar refractivity (Wildman–Crippen MR) is 76.4 cm³/mol. The molecule has 18 heavy (non-hydrogen) atoms. The monoisotopic (exact) mass is 257 g/mol. The molecule has 0 aliphatic carbocycles. The topological polar surface area (TPSA) is 40.5 Å². The normalized spacial score (nSPS) is 13.4. The first kappa shape index (κ1) is 17.4. The van der Waals surface area contributed by atoms with Crippen LogP contribution in [0.2, 0.25) is 0 Å². The zero-order chi connectivity index (χ0) is 14.2. The summed E-state index contributed by atoms with van der Waals surface area (Å²) in [7, 11) is 1.88. The fraction of sp³-hybridized carbons (Fsp3) is 0.933. The molecule has 0 aliphatic heterocycles. The van der Waals surface area contributed by atoms with Gasteiger partial charge in [-0.15, -0.1) is 0 Å². The van der Waals surface area contributed by atoms with Gasteiger partial charge in [0.25, 0.3) is 0 Å². The molecule has 1 N–H and O–H groups in total. The van der Waals surface area contributed by atoms with Crippen molar-refractivity contribution in [1.82, 2.24) is 4.90 Å². The zero-order valence-electron chi connectivity index (χ0n) is 12.8. The van der Waals surface area contributed by atoms with Crippen LogP contribution in [0.4, 0.5) is 0 Å². The average Bonchev–Trinajstić information content (AvgIpc) is 2.21. The predicted octanol–water partition coefficient (Wildman–Crippen LogP) is 3.07. The fourth-order valence-corrected chi connectivity index (χ4v) is 2.33. The molecule has 1 amide bonds. The lowest BCUT2D eigenvalue weighted by atomic mass is 9.84. The first-order valence-corrected chi connectivity index (χ1v) is 7.11. The molecule has 3 heteroatoms. The number of hydrogen-bond acceptors (Lipinski definition) is 2. The SMILES string of the molecule is CC(CC(=O)N(C)CCCCCO)CC(C)(C)C. The number of carbonyl (C=O) groups excluding carboxylic acids is 1. The summed E-state index contributed by atoms with van der Waals surface area (Å²) in [5, 5.41) is 8.69. The van der Waals surface area contributed by atoms with Crippen molar-refractivity contribution in [1.29, 1.82) is 0 Å². The summed E-state index contributed by atoms with van der Waals surface area (Å²) in [6, 6.07) is 0. The molecule has 0 rings (SSSR count). The Morgan fingerprint density at radius 3 is 2.33 bits per heavy atom. The zero-order valence-corrected chi connectivity index (χ0v) is 12.8. The molecule has 0 saturated carbocycles. The highest BCUT2D eigenvalue weighted by atomic mass is 16.2. The molecule has 0 heterocycles. The Morgan fingerprint density at radius 2 is 1.83 bits per heavy atom. The molecule has 1 unspecified atom stereocenters. The molecular formula is C15H31NO2. The molecule has 3 nitrogen and oxygen atoms in total. The van der Waals surface area contributed by atoms with E-state index in [1.165, 1.54) is 0 Å². The van der Waals surface area contributed by atoms with Crippen molar-refractivity contribution in [3.63, 3.8) is 0 Å². The summed E-state index contributed by atoms with van der Waals surface area (Å²) < 4.78 is 0. The van der Waals surface area contributed by atoms with E-state index in [0.29, 0.717) is 17.8 Å². The molecule has 0 aromatic carbocycles. The number of amides is 1. The van der Waals surface area contributed by atoms with Crippen molar-refractivity contribution in [3.8, 4) is 0 Å². The van der Waals surface area contributed by atoms with E-state index in [1.54, 1.807) is 0 Å². The van der Waals surface area contributed by atoms with Gasteiger partial charge >= 0.3 is 0 Å². The Bertz CT molecular complexity index is 233. The van der Waals surface area contributed by atoms with Crippen LogP contribution in [0.1, 0.15) is 59.8 Å². The van der Waals surface area contributed by atoms with E-state index >= 15 is 0 Å². The highest BCUT2D eigenvalue weighted by molar-refractivity contribution is 5.76. The van der Waals surface area contributed by atoms with Crippen molar-refractivity contribution < 1.29 is 9.90 Å². The van der Waals surface area contributed by atoms with Gasteiger partial charge in [-0.05, 0) is 37.0 Å². The minimum Gasteiger partial charge on any atom is -0.396 e. The minimum absolute atomic E-state index is 0.246. The van der Waals surface area contributed by atoms with Gasteiger partial charge in [-0.1, -0.05) is 27.7 Å². The van der Waals surface area contributed by atoms with Gasteiger partial charge in [-0.25, -0.2) is 0 Å². The average molecular weight is 257 g/mol. The van der Waals surface area contributed by atoms with E-state index in [1.807, 2.05) is 11.9 Å². The van der Waals surface area contributed by atoms with Gasteiger partial charge < -0.3 is 10.0 Å². The molecule has 0 saturated heterocycles. The highest BCUT2D eigenvalue weighted by Crippen LogP contribution is 2.26. The van der Waals surface area contributed by atoms with Gasteiger partial charge in [0.2, 0.25) is 5.91 Å². The van der Waals surface area contributed by atoms with Gasteiger partial charge in [-0.2, -0.15) is 0 Å². The standard InChI is InChI=1S/C15H31NO2/c1-13(12-15(2,3)4)11-14(18)16(5)9-7-6-8-10-17/h13,17H,6-12H2,1-5H3. The number of hydrogen-bond donors (Lipinski definition) is 1. The van der Waals surface area contributed by atoms with Crippen LogP contribution < -0.4 is 0 Å². The first-order chi connectivity index (χ1) is 8.26. The molecule has 0 bridgehead atoms. The molecule has 0 aromatic rings. The number of nitrogens with zero attached hydrogens (tertiary/aromatic N) is 1. The van der Waals surface area contributed by atoms with Crippen LogP contribution in [0.3, 0.4) is 0 Å². The molecule has 0 spiro atoms. The van der Waals surface area contributed by atoms with Crippen molar-refractivity contribution in [2.24, 2.45) is 11.3 Å². The van der Waals surface area contributed by atoms with Crippen LogP contribution in [0.25, 0.3) is 0 Å². The molecule has 0 fully saturated rings. The van der Waals surface area contributed by atoms with Gasteiger partial charge in [0.1, 0.15) is 0 Å². The second kappa shape index (κ2) is 8.52. The third-order valence-electron chi connectivity index (χ3n) is 3.06. The number of aliphatic hydroxyl groups is 1. The lowest BCUT2D eigenvalue weighted by molar-refractivity contribution is -0.131. The highest BCUT2D eigenvalue weighted by Gasteiger charge is 2.19. The number of unbranched alkanes of at least 4 members (excludes halogenated alkanes) is 2. The van der Waals surface area contributed by atoms with Crippen LogP contribution in [-0.4, -0.2) is 36.1 Å². The van der Waals surface area contributed by atoms with Crippen molar-refractivity contribution >= 4 is 5.91 Å². The Hall–Kier alpha value is -0.570. The second-order valence-electron chi connectivity index (χ2n) is 6.67. The summed E-state index contributed by atoms with van der Waals surface area (Å²) in [5.74, 6) is 0.688. The quantitative estimate of drug-likeness (QED) is 0.679. The summed E-state index contributed by atoms with van der Waals surface area (Å²) >= 11 is 0. The van der Waals surface area contributed by atoms with E-state index < -0.39 is 0 Å². The minimum atomic E-state index is 0.246. The Labute approximate surface area is 113 Å². The summed E-state index contributed by atoms with van der Waals surface area (Å²) in [5.41, 5.74) is 0.291. The number of rotatable bonds is 8. The van der Waals surface area contributed by atoms with Gasteiger partial charge in [0, 0.05) is 26.6 Å². The van der Waals surface area contributed by atoms with E-state index in [4.69, 9.17) is 5.11 Å². The van der Waals surface area contributed by atoms with Crippen LogP contribution in [0, 0.1) is 11.3 Å². The molecule has 0 aliphatic rings. The summed E-state index contributed by atoms with van der Waals surface area (Å²) in [4.78, 5) is 13.8. The maximum absolute atomic E-state index is 12.0. The van der Waals surface area contributed by atoms with E-state index in [9.17, 15) is 4.79 Å². The Balaban J connectivity index is 3.86. The fourth-order valence-electron chi connectivity index (χ4n) is 2.33. The summed E-state index contributed by atoms with van der Waals surface area (Å²) in [6.07, 6.45) is 4.54. The van der Waals surface area contributed by atoms with Crippen molar-refractivity contribution in [3.05, 3.63) is 0 Å². The van der Waals surface area contributed by atoms with E-state index in [2.05, 4.69) is 27.7 Å². The maximum atomic E-state index is 12.0. The van der Waals surface area contributed by atoms with E-state index in [-0.39, 0.29) is 12.5 Å². The Kier molecular flexibility index (Phi) is 8.25. The third-order valence-corrected chi connectivity index (χ3v) is 3.06. The second-order valence-corrected chi connectivity index (χ2v) is 6.67. The first-order valence-electron chi connectivity index (χ1n) is 7.11. The smallest absolute Gasteiger partial charge is 0.222 e. The molecule has 0 aromatic heterocycles. The van der Waals surface area contributed by atoms with E-state index in [0.717, 1.165) is 32.2 Å². The number of carbonyl (C=O) groups is 1. The van der Waals surface area contributed by atoms with Crippen molar-refractivity contribution in [2.45, 2.75) is 59.8 Å². The lowest BCUT2D eigenvalue weighted by Crippen LogP contribution is -2.29. The van der Waals surface area contributed by atoms with Crippen LogP contribution in [0.15, 0.2) is 0 Å². The lowest BCUT2D eigenvalue weighted by Gasteiger charge is -2.25. The van der Waals surface area contributed by atoms with Gasteiger partial charge in [0.15, 0.2) is 0 Å². The largest absolute Gasteiger partial charge is 0.396 e. The molecular weight excluding hydrogens is 226 g/mol. The van der Waals surface area contributed by atoms with Crippen LogP contribution in [-0.2, 0) is 4.79 Å². The number of aliphatic hydroxyl groups excluding tert-OH is 1. The Morgan fingerprint density at radius 1 is 1.22 bits per heavy atom. The summed E-state index contributed by atoms with van der Waals surface area (Å²) in [6.45, 7) is 9.86. The van der Waals surface area contributed by atoms with Gasteiger partial charge in [-0.3, -0.25) is 4.79 Å².